The van der Waals surface area contributed by atoms with Crippen LogP contribution in [0.25, 0.3) is 0 Å². The summed E-state index contributed by atoms with van der Waals surface area (Å²) in [5.74, 6) is 0.300. The lowest BCUT2D eigenvalue weighted by atomic mass is 9.73. The summed E-state index contributed by atoms with van der Waals surface area (Å²) in [6.45, 7) is 6.13. The first-order chi connectivity index (χ1) is 6.56. The van der Waals surface area contributed by atoms with Crippen LogP contribution in [0.4, 0.5) is 0 Å². The van der Waals surface area contributed by atoms with Crippen molar-refractivity contribution in [2.45, 2.75) is 33.6 Å². The molecule has 0 aromatic rings. The average Bonchev–Trinajstić information content (AvgIpc) is 2.01. The zero-order valence-corrected chi connectivity index (χ0v) is 9.08. The van der Waals surface area contributed by atoms with Crippen LogP contribution in [0.1, 0.15) is 33.6 Å². The molecule has 3 heteroatoms. The van der Waals surface area contributed by atoms with Crippen LogP contribution < -0.4 is 0 Å². The highest BCUT2D eigenvalue weighted by molar-refractivity contribution is 5.83. The molecule has 3 nitrogen and oxygen atoms in total. The monoisotopic (exact) mass is 198 g/mol. The Labute approximate surface area is 84.8 Å². The summed E-state index contributed by atoms with van der Waals surface area (Å²) < 4.78 is 5.01. The average molecular weight is 198 g/mol. The van der Waals surface area contributed by atoms with Crippen LogP contribution in [-0.4, -0.2) is 18.4 Å². The number of carbonyl (C=O) groups excluding carboxylic acids is 2. The van der Waals surface area contributed by atoms with Gasteiger partial charge in [0.2, 0.25) is 0 Å². The smallest absolute Gasteiger partial charge is 0.309 e. The Morgan fingerprint density at radius 3 is 2.29 bits per heavy atom. The van der Waals surface area contributed by atoms with E-state index < -0.39 is 0 Å². The summed E-state index contributed by atoms with van der Waals surface area (Å²) in [4.78, 5) is 22.8. The molecule has 0 spiro atoms. The number of hydrogen-bond donors (Lipinski definition) is 0. The van der Waals surface area contributed by atoms with Gasteiger partial charge in [0.1, 0.15) is 5.78 Å². The Balaban J connectivity index is 2.66. The molecule has 0 N–H and O–H groups in total. The van der Waals surface area contributed by atoms with E-state index in [0.717, 1.165) is 0 Å². The predicted molar refractivity (Wildman–Crippen MR) is 52.7 cm³/mol. The van der Waals surface area contributed by atoms with Gasteiger partial charge in [0, 0.05) is 12.8 Å². The summed E-state index contributed by atoms with van der Waals surface area (Å²) in [6, 6.07) is 0. The number of rotatable bonds is 2. The van der Waals surface area contributed by atoms with Crippen molar-refractivity contribution in [1.29, 1.82) is 0 Å². The molecule has 0 radical (unpaired) electrons. The van der Waals surface area contributed by atoms with Crippen molar-refractivity contribution in [2.24, 2.45) is 17.8 Å². The van der Waals surface area contributed by atoms with Gasteiger partial charge in [-0.25, -0.2) is 0 Å². The minimum absolute atomic E-state index is 0.0901. The largest absolute Gasteiger partial charge is 0.466 e. The van der Waals surface area contributed by atoms with Gasteiger partial charge in [-0.1, -0.05) is 13.8 Å². The van der Waals surface area contributed by atoms with Crippen molar-refractivity contribution in [2.75, 3.05) is 6.61 Å². The van der Waals surface area contributed by atoms with Gasteiger partial charge in [-0.3, -0.25) is 9.59 Å². The summed E-state index contributed by atoms with van der Waals surface area (Å²) in [6.07, 6.45) is 1.04. The SMILES string of the molecule is CCOC(=O)C1C(C)CC(=O)CC1C. The van der Waals surface area contributed by atoms with Crippen LogP contribution in [0.3, 0.4) is 0 Å². The van der Waals surface area contributed by atoms with Crippen LogP contribution in [0.5, 0.6) is 0 Å². The van der Waals surface area contributed by atoms with Crippen LogP contribution in [0, 0.1) is 17.8 Å². The zero-order chi connectivity index (χ0) is 10.7. The normalized spacial score (nSPS) is 32.8. The molecule has 0 saturated heterocycles. The first kappa shape index (κ1) is 11.2. The lowest BCUT2D eigenvalue weighted by molar-refractivity contribution is -0.154. The Morgan fingerprint density at radius 2 is 1.86 bits per heavy atom. The number of Topliss-reactive ketones (excluding diaryl/α,β-unsaturated/α-hetero) is 1. The molecule has 1 aliphatic carbocycles. The van der Waals surface area contributed by atoms with Crippen molar-refractivity contribution >= 4 is 11.8 Å². The maximum atomic E-state index is 11.6. The van der Waals surface area contributed by atoms with Gasteiger partial charge in [0.05, 0.1) is 12.5 Å². The standard InChI is InChI=1S/C11H18O3/c1-4-14-11(13)10-7(2)5-9(12)6-8(10)3/h7-8,10H,4-6H2,1-3H3. The lowest BCUT2D eigenvalue weighted by Gasteiger charge is -2.31. The number of esters is 1. The highest BCUT2D eigenvalue weighted by Crippen LogP contribution is 2.33. The van der Waals surface area contributed by atoms with Crippen LogP contribution in [-0.2, 0) is 14.3 Å². The third-order valence-corrected chi connectivity index (χ3v) is 2.88. The first-order valence-corrected chi connectivity index (χ1v) is 5.24. The second-order valence-corrected chi connectivity index (χ2v) is 4.18. The van der Waals surface area contributed by atoms with E-state index in [9.17, 15) is 9.59 Å². The van der Waals surface area contributed by atoms with Gasteiger partial charge in [-0.05, 0) is 18.8 Å². The minimum Gasteiger partial charge on any atom is -0.466 e. The molecule has 0 amide bonds. The minimum atomic E-state index is -0.139. The molecule has 0 aliphatic heterocycles. The van der Waals surface area contributed by atoms with E-state index in [2.05, 4.69) is 0 Å². The van der Waals surface area contributed by atoms with E-state index in [1.165, 1.54) is 0 Å². The van der Waals surface area contributed by atoms with Crippen molar-refractivity contribution < 1.29 is 14.3 Å². The van der Waals surface area contributed by atoms with Crippen LogP contribution >= 0.6 is 0 Å². The van der Waals surface area contributed by atoms with E-state index in [1.807, 2.05) is 13.8 Å². The summed E-state index contributed by atoms with van der Waals surface area (Å²) in [7, 11) is 0. The molecule has 0 heterocycles. The van der Waals surface area contributed by atoms with Crippen molar-refractivity contribution in [1.82, 2.24) is 0 Å². The van der Waals surface area contributed by atoms with Gasteiger partial charge in [-0.2, -0.15) is 0 Å². The second-order valence-electron chi connectivity index (χ2n) is 4.18. The number of ether oxygens (including phenoxy) is 1. The van der Waals surface area contributed by atoms with Crippen LogP contribution in [0.2, 0.25) is 0 Å². The summed E-state index contributed by atoms with van der Waals surface area (Å²) in [5, 5.41) is 0. The number of ketones is 1. The molecule has 0 aromatic heterocycles. The van der Waals surface area contributed by atoms with E-state index in [-0.39, 0.29) is 29.5 Å². The summed E-state index contributed by atoms with van der Waals surface area (Å²) >= 11 is 0. The van der Waals surface area contributed by atoms with Crippen LogP contribution in [0.15, 0.2) is 0 Å². The maximum Gasteiger partial charge on any atom is 0.309 e. The van der Waals surface area contributed by atoms with E-state index in [0.29, 0.717) is 19.4 Å². The third-order valence-electron chi connectivity index (χ3n) is 2.88. The molecule has 1 rings (SSSR count). The molecular formula is C11H18O3. The van der Waals surface area contributed by atoms with E-state index in [1.54, 1.807) is 6.92 Å². The quantitative estimate of drug-likeness (QED) is 0.635. The molecule has 1 aliphatic rings. The molecule has 0 aromatic carbocycles. The van der Waals surface area contributed by atoms with Crippen molar-refractivity contribution in [3.05, 3.63) is 0 Å². The number of carbonyl (C=O) groups is 2. The molecule has 1 fully saturated rings. The van der Waals surface area contributed by atoms with Crippen molar-refractivity contribution in [3.63, 3.8) is 0 Å². The fourth-order valence-electron chi connectivity index (χ4n) is 2.32. The second kappa shape index (κ2) is 4.58. The molecule has 2 unspecified atom stereocenters. The first-order valence-electron chi connectivity index (χ1n) is 5.24. The van der Waals surface area contributed by atoms with Gasteiger partial charge < -0.3 is 4.74 Å². The number of hydrogen-bond acceptors (Lipinski definition) is 3. The fraction of sp³-hybridized carbons (Fsp3) is 0.818. The van der Waals surface area contributed by atoms with Gasteiger partial charge in [0.15, 0.2) is 0 Å². The van der Waals surface area contributed by atoms with E-state index in [4.69, 9.17) is 4.74 Å². The zero-order valence-electron chi connectivity index (χ0n) is 9.08. The molecule has 80 valence electrons. The fourth-order valence-corrected chi connectivity index (χ4v) is 2.32. The highest BCUT2D eigenvalue weighted by Gasteiger charge is 2.37. The Bertz CT molecular complexity index is 221. The third kappa shape index (κ3) is 2.34. The van der Waals surface area contributed by atoms with Crippen molar-refractivity contribution in [3.8, 4) is 0 Å². The maximum absolute atomic E-state index is 11.6. The molecule has 0 bridgehead atoms. The Hall–Kier alpha value is -0.860. The lowest BCUT2D eigenvalue weighted by Crippen LogP contribution is -2.36. The summed E-state index contributed by atoms with van der Waals surface area (Å²) in [5.41, 5.74) is 0. The Morgan fingerprint density at radius 1 is 1.36 bits per heavy atom. The van der Waals surface area contributed by atoms with Gasteiger partial charge in [0.25, 0.3) is 0 Å². The van der Waals surface area contributed by atoms with Gasteiger partial charge in [-0.15, -0.1) is 0 Å². The topological polar surface area (TPSA) is 43.4 Å². The molecule has 2 atom stereocenters. The van der Waals surface area contributed by atoms with Gasteiger partial charge >= 0.3 is 5.97 Å². The molecule has 14 heavy (non-hydrogen) atoms. The highest BCUT2D eigenvalue weighted by atomic mass is 16.5. The molecule has 1 saturated carbocycles. The Kier molecular flexibility index (Phi) is 3.67. The van der Waals surface area contributed by atoms with E-state index >= 15 is 0 Å². The molecular weight excluding hydrogens is 180 g/mol. The predicted octanol–water partition coefficient (Wildman–Crippen LogP) is 1.80.